The van der Waals surface area contributed by atoms with E-state index in [1.807, 2.05) is 30.3 Å². The predicted octanol–water partition coefficient (Wildman–Crippen LogP) is 3.93. The van der Waals surface area contributed by atoms with Crippen LogP contribution in [0.25, 0.3) is 20.1 Å². The Kier molecular flexibility index (Phi) is 5.50. The molecule has 7 heteroatoms. The number of nitrogens with one attached hydrogen (secondary N) is 2. The van der Waals surface area contributed by atoms with Gasteiger partial charge in [0.1, 0.15) is 5.01 Å². The van der Waals surface area contributed by atoms with Crippen molar-refractivity contribution >= 4 is 51.2 Å². The minimum absolute atomic E-state index is 0. The maximum Gasteiger partial charge on any atom is 0.261 e. The van der Waals surface area contributed by atoms with E-state index in [1.54, 1.807) is 11.3 Å². The number of fused-ring (bicyclic) bond motifs is 1. The molecule has 1 aliphatic rings. The highest BCUT2D eigenvalue weighted by atomic mass is 35.5. The van der Waals surface area contributed by atoms with Crippen molar-refractivity contribution in [3.05, 3.63) is 41.3 Å². The van der Waals surface area contributed by atoms with Crippen LogP contribution in [0.3, 0.4) is 0 Å². The number of thiazole rings is 1. The summed E-state index contributed by atoms with van der Waals surface area (Å²) in [5.41, 5.74) is 1.01. The predicted molar refractivity (Wildman–Crippen MR) is 104 cm³/mol. The standard InChI is InChI=1S/C17H17N3OS2.ClH/c21-16(19-11-4-3-9-18-10-11)14-7-8-15(22-14)17-20-12-5-1-2-6-13(12)23-17;/h1-2,5-8,11,18H,3-4,9-10H2,(H,19,21);1H/t11-;/m0./s1. The van der Waals surface area contributed by atoms with Crippen LogP contribution >= 0.6 is 35.1 Å². The van der Waals surface area contributed by atoms with Crippen molar-refractivity contribution < 1.29 is 4.79 Å². The lowest BCUT2D eigenvalue weighted by molar-refractivity contribution is 0.0935. The molecule has 1 aliphatic heterocycles. The first-order chi connectivity index (χ1) is 11.3. The average Bonchev–Trinajstić information content (AvgIpc) is 3.22. The molecule has 24 heavy (non-hydrogen) atoms. The van der Waals surface area contributed by atoms with Gasteiger partial charge in [0.15, 0.2) is 0 Å². The van der Waals surface area contributed by atoms with Crippen molar-refractivity contribution in [2.24, 2.45) is 0 Å². The summed E-state index contributed by atoms with van der Waals surface area (Å²) in [4.78, 5) is 18.9. The van der Waals surface area contributed by atoms with Crippen molar-refractivity contribution in [1.29, 1.82) is 0 Å². The Balaban J connectivity index is 0.00000169. The maximum atomic E-state index is 12.4. The SMILES string of the molecule is Cl.O=C(N[C@H]1CCCNC1)c1ccc(-c2nc3ccccc3s2)s1. The molecule has 0 aliphatic carbocycles. The molecule has 126 valence electrons. The monoisotopic (exact) mass is 379 g/mol. The van der Waals surface area contributed by atoms with Crippen LogP contribution in [-0.4, -0.2) is 30.0 Å². The van der Waals surface area contributed by atoms with E-state index in [0.717, 1.165) is 46.2 Å². The Morgan fingerprint density at radius 2 is 2.08 bits per heavy atom. The second kappa shape index (κ2) is 7.61. The van der Waals surface area contributed by atoms with Crippen LogP contribution in [0.1, 0.15) is 22.5 Å². The van der Waals surface area contributed by atoms with Gasteiger partial charge in [-0.15, -0.1) is 35.1 Å². The van der Waals surface area contributed by atoms with Gasteiger partial charge in [0.25, 0.3) is 5.91 Å². The van der Waals surface area contributed by atoms with Crippen LogP contribution < -0.4 is 10.6 Å². The molecule has 0 radical (unpaired) electrons. The molecule has 1 saturated heterocycles. The highest BCUT2D eigenvalue weighted by Crippen LogP contribution is 2.34. The van der Waals surface area contributed by atoms with Gasteiger partial charge < -0.3 is 10.6 Å². The largest absolute Gasteiger partial charge is 0.347 e. The van der Waals surface area contributed by atoms with Crippen molar-refractivity contribution in [3.8, 4) is 9.88 Å². The molecule has 1 atom stereocenters. The van der Waals surface area contributed by atoms with E-state index in [-0.39, 0.29) is 24.4 Å². The molecule has 4 rings (SSSR count). The highest BCUT2D eigenvalue weighted by molar-refractivity contribution is 7.26. The topological polar surface area (TPSA) is 54.0 Å². The summed E-state index contributed by atoms with van der Waals surface area (Å²) in [6.07, 6.45) is 2.17. The summed E-state index contributed by atoms with van der Waals surface area (Å²) in [7, 11) is 0. The first-order valence-corrected chi connectivity index (χ1v) is 9.40. The molecule has 0 unspecified atom stereocenters. The van der Waals surface area contributed by atoms with E-state index in [2.05, 4.69) is 21.7 Å². The molecule has 4 nitrogen and oxygen atoms in total. The quantitative estimate of drug-likeness (QED) is 0.725. The number of benzene rings is 1. The molecule has 2 aromatic heterocycles. The van der Waals surface area contributed by atoms with Crippen LogP contribution in [0.4, 0.5) is 0 Å². The number of carbonyl (C=O) groups is 1. The Morgan fingerprint density at radius 1 is 1.21 bits per heavy atom. The first-order valence-electron chi connectivity index (χ1n) is 7.77. The number of hydrogen-bond acceptors (Lipinski definition) is 5. The van der Waals surface area contributed by atoms with Gasteiger partial charge >= 0.3 is 0 Å². The number of thiophene rings is 1. The number of hydrogen-bond donors (Lipinski definition) is 2. The number of piperidine rings is 1. The third-order valence-corrected chi connectivity index (χ3v) is 6.26. The maximum absolute atomic E-state index is 12.4. The number of rotatable bonds is 3. The Bertz CT molecular complexity index is 806. The van der Waals surface area contributed by atoms with E-state index >= 15 is 0 Å². The molecule has 3 heterocycles. The third-order valence-electron chi connectivity index (χ3n) is 3.97. The second-order valence-corrected chi connectivity index (χ2v) is 7.78. The van der Waals surface area contributed by atoms with Gasteiger partial charge in [-0.3, -0.25) is 4.79 Å². The van der Waals surface area contributed by atoms with Crippen LogP contribution in [0, 0.1) is 0 Å². The zero-order chi connectivity index (χ0) is 15.6. The molecule has 0 spiro atoms. The average molecular weight is 380 g/mol. The van der Waals surface area contributed by atoms with Gasteiger partial charge in [-0.25, -0.2) is 4.98 Å². The van der Waals surface area contributed by atoms with Gasteiger partial charge in [-0.1, -0.05) is 12.1 Å². The smallest absolute Gasteiger partial charge is 0.261 e. The van der Waals surface area contributed by atoms with E-state index in [1.165, 1.54) is 16.0 Å². The number of amides is 1. The Hall–Kier alpha value is -1.47. The summed E-state index contributed by atoms with van der Waals surface area (Å²) >= 11 is 3.18. The lowest BCUT2D eigenvalue weighted by Gasteiger charge is -2.23. The van der Waals surface area contributed by atoms with Crippen molar-refractivity contribution in [2.75, 3.05) is 13.1 Å². The molecule has 2 N–H and O–H groups in total. The van der Waals surface area contributed by atoms with Gasteiger partial charge in [0, 0.05) is 12.6 Å². The normalized spacial score (nSPS) is 17.4. The summed E-state index contributed by atoms with van der Waals surface area (Å²) < 4.78 is 1.18. The van der Waals surface area contributed by atoms with Crippen molar-refractivity contribution in [1.82, 2.24) is 15.6 Å². The van der Waals surface area contributed by atoms with Gasteiger partial charge in [-0.05, 0) is 43.7 Å². The number of aromatic nitrogens is 1. The third kappa shape index (κ3) is 3.62. The van der Waals surface area contributed by atoms with Crippen LogP contribution in [-0.2, 0) is 0 Å². The van der Waals surface area contributed by atoms with Gasteiger partial charge in [0.05, 0.1) is 20.0 Å². The number of halogens is 1. The lowest BCUT2D eigenvalue weighted by Crippen LogP contribution is -2.45. The van der Waals surface area contributed by atoms with Crippen molar-refractivity contribution in [2.45, 2.75) is 18.9 Å². The summed E-state index contributed by atoms with van der Waals surface area (Å²) in [6, 6.07) is 12.3. The number of carbonyl (C=O) groups excluding carboxylic acids is 1. The zero-order valence-electron chi connectivity index (χ0n) is 13.0. The molecule has 3 aromatic rings. The van der Waals surface area contributed by atoms with Crippen LogP contribution in [0.5, 0.6) is 0 Å². The first kappa shape index (κ1) is 17.4. The lowest BCUT2D eigenvalue weighted by atomic mass is 10.1. The van der Waals surface area contributed by atoms with Crippen LogP contribution in [0.15, 0.2) is 36.4 Å². The fraction of sp³-hybridized carbons (Fsp3) is 0.294. The highest BCUT2D eigenvalue weighted by Gasteiger charge is 2.18. The second-order valence-electron chi connectivity index (χ2n) is 5.67. The van der Waals surface area contributed by atoms with Crippen molar-refractivity contribution in [3.63, 3.8) is 0 Å². The fourth-order valence-corrected chi connectivity index (χ4v) is 4.71. The summed E-state index contributed by atoms with van der Waals surface area (Å²) in [5.74, 6) is 0.0241. The molecule has 0 saturated carbocycles. The molecule has 1 amide bonds. The Labute approximate surface area is 154 Å². The summed E-state index contributed by atoms with van der Waals surface area (Å²) in [6.45, 7) is 1.91. The molecule has 1 fully saturated rings. The summed E-state index contributed by atoms with van der Waals surface area (Å²) in [5, 5.41) is 7.42. The van der Waals surface area contributed by atoms with E-state index in [0.29, 0.717) is 0 Å². The number of nitrogens with zero attached hydrogens (tertiary/aromatic N) is 1. The van der Waals surface area contributed by atoms with Gasteiger partial charge in [0.2, 0.25) is 0 Å². The van der Waals surface area contributed by atoms with Crippen LogP contribution in [0.2, 0.25) is 0 Å². The minimum atomic E-state index is 0. The minimum Gasteiger partial charge on any atom is -0.347 e. The molecule has 1 aromatic carbocycles. The molecule has 0 bridgehead atoms. The Morgan fingerprint density at radius 3 is 2.88 bits per heavy atom. The molecular formula is C17H18ClN3OS2. The van der Waals surface area contributed by atoms with E-state index in [9.17, 15) is 4.79 Å². The van der Waals surface area contributed by atoms with E-state index < -0.39 is 0 Å². The molecular weight excluding hydrogens is 362 g/mol. The van der Waals surface area contributed by atoms with Gasteiger partial charge in [-0.2, -0.15) is 0 Å². The van der Waals surface area contributed by atoms with E-state index in [4.69, 9.17) is 0 Å². The fourth-order valence-electron chi connectivity index (χ4n) is 2.78. The number of para-hydroxylation sites is 1. The zero-order valence-corrected chi connectivity index (χ0v) is 15.4.